The molecule has 0 aliphatic carbocycles. The Balaban J connectivity index is 4.55. The van der Waals surface area contributed by atoms with Crippen LogP contribution in [0.15, 0.2) is 0 Å². The molecule has 0 heterocycles. The van der Waals surface area contributed by atoms with Crippen molar-refractivity contribution in [1.82, 2.24) is 10.2 Å². The lowest BCUT2D eigenvalue weighted by atomic mass is 10.0. The van der Waals surface area contributed by atoms with Gasteiger partial charge in [0, 0.05) is 20.5 Å². The molecule has 17 heavy (non-hydrogen) atoms. The number of hydrogen-bond acceptors (Lipinski definition) is 2. The van der Waals surface area contributed by atoms with E-state index >= 15 is 0 Å². The van der Waals surface area contributed by atoms with Crippen LogP contribution in [0.25, 0.3) is 0 Å². The number of amides is 2. The van der Waals surface area contributed by atoms with Crippen molar-refractivity contribution in [3.05, 3.63) is 0 Å². The molecular weight excluding hydrogens is 216 g/mol. The van der Waals surface area contributed by atoms with Crippen LogP contribution in [-0.2, 0) is 9.59 Å². The summed E-state index contributed by atoms with van der Waals surface area (Å²) in [4.78, 5) is 25.3. The summed E-state index contributed by atoms with van der Waals surface area (Å²) in [5, 5.41) is 2.61. The monoisotopic (exact) mass is 242 g/mol. The van der Waals surface area contributed by atoms with Gasteiger partial charge in [0.15, 0.2) is 0 Å². The van der Waals surface area contributed by atoms with E-state index in [2.05, 4.69) is 19.2 Å². The lowest BCUT2D eigenvalue weighted by molar-refractivity contribution is -0.140. The van der Waals surface area contributed by atoms with Gasteiger partial charge >= 0.3 is 0 Å². The average Bonchev–Trinajstić information content (AvgIpc) is 2.24. The lowest BCUT2D eigenvalue weighted by Gasteiger charge is -2.30. The van der Waals surface area contributed by atoms with Crippen LogP contribution in [0.1, 0.15) is 40.5 Å². The smallest absolute Gasteiger partial charge is 0.242 e. The minimum Gasteiger partial charge on any atom is -0.357 e. The van der Waals surface area contributed by atoms with Gasteiger partial charge in [-0.15, -0.1) is 0 Å². The van der Waals surface area contributed by atoms with Crippen LogP contribution in [-0.4, -0.2) is 36.9 Å². The minimum absolute atomic E-state index is 0.0426. The molecule has 0 bridgehead atoms. The Labute approximate surface area is 105 Å². The molecule has 2 amide bonds. The van der Waals surface area contributed by atoms with E-state index in [9.17, 15) is 9.59 Å². The molecule has 0 aromatic rings. The van der Waals surface area contributed by atoms with Crippen molar-refractivity contribution in [2.45, 2.75) is 46.6 Å². The van der Waals surface area contributed by atoms with E-state index in [1.54, 1.807) is 19.0 Å². The highest BCUT2D eigenvalue weighted by atomic mass is 16.2. The Morgan fingerprint density at radius 2 is 1.71 bits per heavy atom. The molecule has 0 saturated carbocycles. The summed E-state index contributed by atoms with van der Waals surface area (Å²) in [7, 11) is 3.31. The van der Waals surface area contributed by atoms with Crippen LogP contribution in [0.2, 0.25) is 0 Å². The lowest BCUT2D eigenvalue weighted by Crippen LogP contribution is -2.49. The third kappa shape index (κ3) is 5.20. The van der Waals surface area contributed by atoms with Crippen molar-refractivity contribution in [2.75, 3.05) is 14.1 Å². The van der Waals surface area contributed by atoms with Crippen molar-refractivity contribution >= 4 is 11.8 Å². The van der Waals surface area contributed by atoms with Crippen molar-refractivity contribution in [3.63, 3.8) is 0 Å². The summed E-state index contributed by atoms with van der Waals surface area (Å²) in [5.41, 5.74) is 0. The third-order valence-electron chi connectivity index (χ3n) is 2.89. The second-order valence-corrected chi connectivity index (χ2v) is 5.24. The molecule has 4 nitrogen and oxygen atoms in total. The maximum absolute atomic E-state index is 12.0. The highest BCUT2D eigenvalue weighted by Crippen LogP contribution is 2.13. The SMILES string of the molecule is CNC(=O)[C@H](C(C)C)N(C)C(=O)CCC(C)C. The quantitative estimate of drug-likeness (QED) is 0.770. The Morgan fingerprint density at radius 3 is 2.06 bits per heavy atom. The van der Waals surface area contributed by atoms with Crippen molar-refractivity contribution in [2.24, 2.45) is 11.8 Å². The summed E-state index contributed by atoms with van der Waals surface area (Å²) < 4.78 is 0. The number of hydrogen-bond donors (Lipinski definition) is 1. The van der Waals surface area contributed by atoms with E-state index in [1.807, 2.05) is 13.8 Å². The standard InChI is InChI=1S/C13H26N2O2/c1-9(2)7-8-11(16)15(6)12(10(3)4)13(17)14-5/h9-10,12H,7-8H2,1-6H3,(H,14,17)/t12-/m0/s1. The molecule has 0 aromatic carbocycles. The fourth-order valence-corrected chi connectivity index (χ4v) is 1.82. The predicted molar refractivity (Wildman–Crippen MR) is 69.5 cm³/mol. The van der Waals surface area contributed by atoms with Gasteiger partial charge < -0.3 is 10.2 Å². The molecule has 4 heteroatoms. The third-order valence-corrected chi connectivity index (χ3v) is 2.89. The Kier molecular flexibility index (Phi) is 6.85. The first-order valence-electron chi connectivity index (χ1n) is 6.28. The molecule has 0 unspecified atom stereocenters. The van der Waals surface area contributed by atoms with Crippen molar-refractivity contribution in [1.29, 1.82) is 0 Å². The van der Waals surface area contributed by atoms with Gasteiger partial charge in [-0.3, -0.25) is 9.59 Å². The zero-order valence-corrected chi connectivity index (χ0v) is 11.9. The molecule has 0 spiro atoms. The van der Waals surface area contributed by atoms with Crippen LogP contribution in [0.3, 0.4) is 0 Å². The maximum Gasteiger partial charge on any atom is 0.242 e. The molecule has 0 aromatic heterocycles. The Hall–Kier alpha value is -1.06. The molecule has 1 N–H and O–H groups in total. The zero-order chi connectivity index (χ0) is 13.6. The first-order valence-corrected chi connectivity index (χ1v) is 6.28. The number of nitrogens with zero attached hydrogens (tertiary/aromatic N) is 1. The van der Waals surface area contributed by atoms with Gasteiger partial charge in [-0.05, 0) is 18.3 Å². The van der Waals surface area contributed by atoms with Crippen LogP contribution in [0, 0.1) is 11.8 Å². The van der Waals surface area contributed by atoms with Gasteiger partial charge in [0.2, 0.25) is 11.8 Å². The molecule has 1 atom stereocenters. The van der Waals surface area contributed by atoms with Crippen LogP contribution in [0.4, 0.5) is 0 Å². The first-order chi connectivity index (χ1) is 7.81. The molecule has 0 aliphatic rings. The van der Waals surface area contributed by atoms with Crippen LogP contribution >= 0.6 is 0 Å². The number of likely N-dealkylation sites (N-methyl/N-ethyl adjacent to an activating group) is 2. The molecule has 0 radical (unpaired) electrons. The summed E-state index contributed by atoms with van der Waals surface area (Å²) in [5.74, 6) is 0.564. The normalized spacial score (nSPS) is 12.7. The van der Waals surface area contributed by atoms with Crippen LogP contribution < -0.4 is 5.32 Å². The van der Waals surface area contributed by atoms with Gasteiger partial charge in [0.25, 0.3) is 0 Å². The van der Waals surface area contributed by atoms with E-state index in [0.717, 1.165) is 6.42 Å². The van der Waals surface area contributed by atoms with Gasteiger partial charge in [-0.25, -0.2) is 0 Å². The first kappa shape index (κ1) is 15.9. The maximum atomic E-state index is 12.0. The summed E-state index contributed by atoms with van der Waals surface area (Å²) in [6.07, 6.45) is 1.37. The molecule has 0 rings (SSSR count). The molecule has 0 aliphatic heterocycles. The Morgan fingerprint density at radius 1 is 1.18 bits per heavy atom. The number of rotatable bonds is 6. The molecule has 0 saturated heterocycles. The topological polar surface area (TPSA) is 49.4 Å². The highest BCUT2D eigenvalue weighted by molar-refractivity contribution is 5.87. The number of carbonyl (C=O) groups excluding carboxylic acids is 2. The average molecular weight is 242 g/mol. The minimum atomic E-state index is -0.375. The number of nitrogens with one attached hydrogen (secondary N) is 1. The highest BCUT2D eigenvalue weighted by Gasteiger charge is 2.28. The van der Waals surface area contributed by atoms with Crippen LogP contribution in [0.5, 0.6) is 0 Å². The predicted octanol–water partition coefficient (Wildman–Crippen LogP) is 1.65. The van der Waals surface area contributed by atoms with E-state index < -0.39 is 0 Å². The van der Waals surface area contributed by atoms with Gasteiger partial charge in [0.05, 0.1) is 0 Å². The fraction of sp³-hybridized carbons (Fsp3) is 0.846. The molecule has 100 valence electrons. The Bertz CT molecular complexity index is 262. The second-order valence-electron chi connectivity index (χ2n) is 5.24. The second kappa shape index (κ2) is 7.30. The largest absolute Gasteiger partial charge is 0.357 e. The molecule has 0 fully saturated rings. The summed E-state index contributed by atoms with van der Waals surface area (Å²) in [6, 6.07) is -0.375. The van der Waals surface area contributed by atoms with E-state index in [0.29, 0.717) is 12.3 Å². The van der Waals surface area contributed by atoms with Crippen molar-refractivity contribution in [3.8, 4) is 0 Å². The summed E-state index contributed by atoms with van der Waals surface area (Å²) >= 11 is 0. The van der Waals surface area contributed by atoms with Gasteiger partial charge in [0.1, 0.15) is 6.04 Å². The number of carbonyl (C=O) groups is 2. The van der Waals surface area contributed by atoms with Crippen molar-refractivity contribution < 1.29 is 9.59 Å². The van der Waals surface area contributed by atoms with Gasteiger partial charge in [-0.1, -0.05) is 27.7 Å². The zero-order valence-electron chi connectivity index (χ0n) is 11.9. The van der Waals surface area contributed by atoms with E-state index in [4.69, 9.17) is 0 Å². The van der Waals surface area contributed by atoms with Gasteiger partial charge in [-0.2, -0.15) is 0 Å². The molecular formula is C13H26N2O2. The summed E-state index contributed by atoms with van der Waals surface area (Å²) in [6.45, 7) is 8.08. The van der Waals surface area contributed by atoms with E-state index in [1.165, 1.54) is 0 Å². The fourth-order valence-electron chi connectivity index (χ4n) is 1.82. The van der Waals surface area contributed by atoms with E-state index in [-0.39, 0.29) is 23.8 Å².